The summed E-state index contributed by atoms with van der Waals surface area (Å²) in [7, 11) is 1.51. The number of urea groups is 1. The topological polar surface area (TPSA) is 85.8 Å². The minimum absolute atomic E-state index is 0.0121. The van der Waals surface area contributed by atoms with Crippen molar-refractivity contribution in [3.8, 4) is 0 Å². The molecule has 3 aliphatic heterocycles. The van der Waals surface area contributed by atoms with E-state index in [0.717, 1.165) is 49.5 Å². The SMILES string of the molecule is CN1C(=O)NC2(CCN(C(=O)C3CCCN(CCc4ccccn4)C3)CC2)C1=O. The predicted octanol–water partition coefficient (Wildman–Crippen LogP) is 0.879. The highest BCUT2D eigenvalue weighted by molar-refractivity contribution is 6.06. The molecule has 3 saturated heterocycles. The van der Waals surface area contributed by atoms with Crippen LogP contribution in [0, 0.1) is 5.92 Å². The number of aromatic nitrogens is 1. The summed E-state index contributed by atoms with van der Waals surface area (Å²) in [4.78, 5) is 47.1. The Hall–Kier alpha value is -2.48. The summed E-state index contributed by atoms with van der Waals surface area (Å²) in [5, 5.41) is 2.83. The number of rotatable bonds is 4. The number of carbonyl (C=O) groups excluding carboxylic acids is 3. The number of hydrogen-bond acceptors (Lipinski definition) is 5. The zero-order chi connectivity index (χ0) is 20.4. The number of imide groups is 1. The zero-order valence-electron chi connectivity index (χ0n) is 17.0. The molecule has 0 saturated carbocycles. The molecule has 3 fully saturated rings. The summed E-state index contributed by atoms with van der Waals surface area (Å²) < 4.78 is 0. The highest BCUT2D eigenvalue weighted by Gasteiger charge is 2.51. The molecule has 156 valence electrons. The van der Waals surface area contributed by atoms with Crippen LogP contribution in [-0.4, -0.2) is 82.8 Å². The molecule has 4 amide bonds. The van der Waals surface area contributed by atoms with Gasteiger partial charge < -0.3 is 15.1 Å². The van der Waals surface area contributed by atoms with Crippen molar-refractivity contribution in [1.82, 2.24) is 25.0 Å². The van der Waals surface area contributed by atoms with Gasteiger partial charge in [0.05, 0.1) is 5.92 Å². The van der Waals surface area contributed by atoms with Crippen molar-refractivity contribution in [1.29, 1.82) is 0 Å². The van der Waals surface area contributed by atoms with Crippen LogP contribution in [0.1, 0.15) is 31.4 Å². The number of likely N-dealkylation sites (tertiary alicyclic amines) is 2. The number of nitrogens with one attached hydrogen (secondary N) is 1. The van der Waals surface area contributed by atoms with Gasteiger partial charge in [-0.3, -0.25) is 19.5 Å². The van der Waals surface area contributed by atoms with E-state index in [0.29, 0.717) is 25.9 Å². The number of pyridine rings is 1. The molecule has 8 nitrogen and oxygen atoms in total. The maximum atomic E-state index is 13.1. The average Bonchev–Trinajstić information content (AvgIpc) is 2.97. The minimum Gasteiger partial charge on any atom is -0.342 e. The van der Waals surface area contributed by atoms with Gasteiger partial charge in [-0.1, -0.05) is 6.07 Å². The van der Waals surface area contributed by atoms with E-state index < -0.39 is 5.54 Å². The van der Waals surface area contributed by atoms with Gasteiger partial charge in [-0.25, -0.2) is 4.79 Å². The van der Waals surface area contributed by atoms with Crippen LogP contribution in [-0.2, 0) is 16.0 Å². The summed E-state index contributed by atoms with van der Waals surface area (Å²) in [6.45, 7) is 3.75. The molecule has 1 N–H and O–H groups in total. The third kappa shape index (κ3) is 3.99. The maximum Gasteiger partial charge on any atom is 0.324 e. The fourth-order valence-electron chi connectivity index (χ4n) is 4.74. The van der Waals surface area contributed by atoms with Gasteiger partial charge in [0.15, 0.2) is 0 Å². The van der Waals surface area contributed by atoms with Gasteiger partial charge >= 0.3 is 6.03 Å². The van der Waals surface area contributed by atoms with Gasteiger partial charge in [-0.2, -0.15) is 0 Å². The zero-order valence-corrected chi connectivity index (χ0v) is 17.0. The summed E-state index contributed by atoms with van der Waals surface area (Å²) in [5.74, 6) is 0.0264. The number of carbonyl (C=O) groups is 3. The maximum absolute atomic E-state index is 13.1. The van der Waals surface area contributed by atoms with Gasteiger partial charge in [0, 0.05) is 51.5 Å². The summed E-state index contributed by atoms with van der Waals surface area (Å²) in [5.41, 5.74) is 0.264. The van der Waals surface area contributed by atoms with Gasteiger partial charge in [0.2, 0.25) is 5.91 Å². The largest absolute Gasteiger partial charge is 0.342 e. The quantitative estimate of drug-likeness (QED) is 0.760. The summed E-state index contributed by atoms with van der Waals surface area (Å²) in [6, 6.07) is 5.62. The molecule has 0 aliphatic carbocycles. The van der Waals surface area contributed by atoms with Crippen molar-refractivity contribution in [2.75, 3.05) is 39.8 Å². The first-order valence-corrected chi connectivity index (χ1v) is 10.5. The molecule has 1 aromatic heterocycles. The minimum atomic E-state index is -0.816. The lowest BCUT2D eigenvalue weighted by molar-refractivity contribution is -0.142. The van der Waals surface area contributed by atoms with Crippen molar-refractivity contribution in [2.45, 2.75) is 37.6 Å². The van der Waals surface area contributed by atoms with E-state index in [4.69, 9.17) is 0 Å². The van der Waals surface area contributed by atoms with E-state index in [1.807, 2.05) is 29.3 Å². The molecular formula is C21H29N5O3. The van der Waals surface area contributed by atoms with Crippen LogP contribution < -0.4 is 5.32 Å². The molecule has 29 heavy (non-hydrogen) atoms. The van der Waals surface area contributed by atoms with Gasteiger partial charge in [-0.05, 0) is 44.4 Å². The average molecular weight is 399 g/mol. The monoisotopic (exact) mass is 399 g/mol. The van der Waals surface area contributed by atoms with Crippen LogP contribution in [0.5, 0.6) is 0 Å². The van der Waals surface area contributed by atoms with Crippen LogP contribution in [0.2, 0.25) is 0 Å². The number of nitrogens with zero attached hydrogens (tertiary/aromatic N) is 4. The Morgan fingerprint density at radius 2 is 2.03 bits per heavy atom. The third-order valence-electron chi connectivity index (χ3n) is 6.56. The van der Waals surface area contributed by atoms with Gasteiger partial charge in [-0.15, -0.1) is 0 Å². The van der Waals surface area contributed by atoms with Crippen LogP contribution in [0.3, 0.4) is 0 Å². The molecule has 4 rings (SSSR count). The van der Waals surface area contributed by atoms with E-state index in [-0.39, 0.29) is 23.8 Å². The molecule has 1 spiro atoms. The number of hydrogen-bond donors (Lipinski definition) is 1. The Morgan fingerprint density at radius 1 is 1.24 bits per heavy atom. The highest BCUT2D eigenvalue weighted by Crippen LogP contribution is 2.30. The van der Waals surface area contributed by atoms with E-state index in [2.05, 4.69) is 15.2 Å². The second-order valence-corrected chi connectivity index (χ2v) is 8.41. The first-order chi connectivity index (χ1) is 14.0. The first kappa shape index (κ1) is 19.8. The second kappa shape index (κ2) is 8.10. The lowest BCUT2D eigenvalue weighted by Gasteiger charge is -2.40. The molecular weight excluding hydrogens is 370 g/mol. The van der Waals surface area contributed by atoms with Crippen molar-refractivity contribution >= 4 is 17.8 Å². The molecule has 0 radical (unpaired) electrons. The first-order valence-electron chi connectivity index (χ1n) is 10.5. The molecule has 1 atom stereocenters. The Kier molecular flexibility index (Phi) is 5.54. The van der Waals surface area contributed by atoms with Crippen LogP contribution in [0.4, 0.5) is 4.79 Å². The summed E-state index contributed by atoms with van der Waals surface area (Å²) in [6.07, 6.45) is 5.63. The molecule has 8 heteroatoms. The Labute approximate surface area is 171 Å². The molecule has 0 bridgehead atoms. The van der Waals surface area contributed by atoms with E-state index in [1.54, 1.807) is 0 Å². The van der Waals surface area contributed by atoms with Crippen LogP contribution in [0.25, 0.3) is 0 Å². The van der Waals surface area contributed by atoms with Crippen molar-refractivity contribution in [3.63, 3.8) is 0 Å². The summed E-state index contributed by atoms with van der Waals surface area (Å²) >= 11 is 0. The van der Waals surface area contributed by atoms with E-state index >= 15 is 0 Å². The highest BCUT2D eigenvalue weighted by atomic mass is 16.2. The van der Waals surface area contributed by atoms with Crippen molar-refractivity contribution in [3.05, 3.63) is 30.1 Å². The van der Waals surface area contributed by atoms with Crippen molar-refractivity contribution < 1.29 is 14.4 Å². The molecule has 4 heterocycles. The normalized spacial score (nSPS) is 24.8. The number of likely N-dealkylation sites (N-methyl/N-ethyl adjacent to an activating group) is 1. The van der Waals surface area contributed by atoms with E-state index in [9.17, 15) is 14.4 Å². The molecule has 1 unspecified atom stereocenters. The molecule has 3 aliphatic rings. The fourth-order valence-corrected chi connectivity index (χ4v) is 4.74. The number of piperidine rings is 2. The fraction of sp³-hybridized carbons (Fsp3) is 0.619. The molecule has 1 aromatic rings. The van der Waals surface area contributed by atoms with Crippen LogP contribution >= 0.6 is 0 Å². The Balaban J connectivity index is 1.29. The van der Waals surface area contributed by atoms with Gasteiger partial charge in [0.25, 0.3) is 5.91 Å². The Bertz CT molecular complexity index is 776. The molecule has 0 aromatic carbocycles. The predicted molar refractivity (Wildman–Crippen MR) is 107 cm³/mol. The third-order valence-corrected chi connectivity index (χ3v) is 6.56. The van der Waals surface area contributed by atoms with Gasteiger partial charge in [0.1, 0.15) is 5.54 Å². The smallest absolute Gasteiger partial charge is 0.324 e. The Morgan fingerprint density at radius 3 is 2.69 bits per heavy atom. The van der Waals surface area contributed by atoms with Crippen LogP contribution in [0.15, 0.2) is 24.4 Å². The standard InChI is InChI=1S/C21H29N5O3/c1-24-19(28)21(23-20(24)29)8-13-26(14-9-21)18(27)16-5-4-11-25(15-16)12-7-17-6-2-3-10-22-17/h2-3,6,10,16H,4-5,7-9,11-15H2,1H3,(H,23,29). The van der Waals surface area contributed by atoms with E-state index in [1.165, 1.54) is 7.05 Å². The number of amides is 4. The van der Waals surface area contributed by atoms with Crippen molar-refractivity contribution in [2.24, 2.45) is 5.92 Å². The lowest BCUT2D eigenvalue weighted by atomic mass is 9.86. The lowest BCUT2D eigenvalue weighted by Crippen LogP contribution is -2.57. The second-order valence-electron chi connectivity index (χ2n) is 8.41.